The van der Waals surface area contributed by atoms with Crippen molar-refractivity contribution in [2.75, 3.05) is 6.61 Å². The molecule has 0 amide bonds. The van der Waals surface area contributed by atoms with Gasteiger partial charge in [-0.2, -0.15) is 0 Å². The van der Waals surface area contributed by atoms with E-state index in [0.29, 0.717) is 12.4 Å². The summed E-state index contributed by atoms with van der Waals surface area (Å²) in [5.41, 5.74) is 3.12. The number of phenols is 1. The molecule has 5 heteroatoms. The Morgan fingerprint density at radius 3 is 1.50 bits per heavy atom. The van der Waals surface area contributed by atoms with E-state index in [0.717, 1.165) is 114 Å². The lowest BCUT2D eigenvalue weighted by atomic mass is 9.88. The maximum atomic E-state index is 11.6. The van der Waals surface area contributed by atoms with Crippen LogP contribution in [-0.4, -0.2) is 23.0 Å². The minimum atomic E-state index is -1.41. The van der Waals surface area contributed by atoms with E-state index in [1.165, 1.54) is 24.8 Å². The summed E-state index contributed by atoms with van der Waals surface area (Å²) in [6, 6.07) is 0. The lowest BCUT2D eigenvalue weighted by molar-refractivity contribution is 0.140. The van der Waals surface area contributed by atoms with Crippen molar-refractivity contribution in [3.05, 3.63) is 16.7 Å². The van der Waals surface area contributed by atoms with Gasteiger partial charge < -0.3 is 19.7 Å². The molecule has 0 heterocycles. The van der Waals surface area contributed by atoms with Crippen molar-refractivity contribution in [3.63, 3.8) is 0 Å². The van der Waals surface area contributed by atoms with Crippen LogP contribution in [0.15, 0.2) is 0 Å². The van der Waals surface area contributed by atoms with E-state index < -0.39 is 6.16 Å². The monoisotopic (exact) mass is 506 g/mol. The Morgan fingerprint density at radius 1 is 0.583 bits per heavy atom. The third kappa shape index (κ3) is 11.9. The fourth-order valence-corrected chi connectivity index (χ4v) is 4.90. The van der Waals surface area contributed by atoms with Crippen LogP contribution in [0.2, 0.25) is 0 Å². The Bertz CT molecular complexity index is 728. The molecule has 0 aliphatic carbocycles. The SMILES string of the molecule is CCCCCCOc1c(CCCCCC)c(CCCCCC)c(CCCCCC)c(O)c1OC(=O)O. The highest BCUT2D eigenvalue weighted by molar-refractivity contribution is 5.70. The highest BCUT2D eigenvalue weighted by atomic mass is 16.7. The summed E-state index contributed by atoms with van der Waals surface area (Å²) in [5, 5.41) is 20.9. The van der Waals surface area contributed by atoms with Crippen LogP contribution >= 0.6 is 0 Å². The quantitative estimate of drug-likeness (QED) is 0.0929. The topological polar surface area (TPSA) is 76.0 Å². The van der Waals surface area contributed by atoms with E-state index in [-0.39, 0.29) is 11.5 Å². The first-order valence-corrected chi connectivity index (χ1v) is 14.9. The number of carboxylic acid groups (broad SMARTS) is 1. The van der Waals surface area contributed by atoms with E-state index in [9.17, 15) is 15.0 Å². The van der Waals surface area contributed by atoms with Crippen molar-refractivity contribution >= 4 is 6.16 Å². The fraction of sp³-hybridized carbons (Fsp3) is 0.774. The Balaban J connectivity index is 3.49. The van der Waals surface area contributed by atoms with Gasteiger partial charge in [-0.15, -0.1) is 0 Å². The first kappa shape index (κ1) is 32.1. The van der Waals surface area contributed by atoms with E-state index >= 15 is 0 Å². The van der Waals surface area contributed by atoms with Gasteiger partial charge >= 0.3 is 6.16 Å². The molecule has 0 saturated heterocycles. The van der Waals surface area contributed by atoms with Crippen molar-refractivity contribution in [1.29, 1.82) is 0 Å². The van der Waals surface area contributed by atoms with Gasteiger partial charge in [0.25, 0.3) is 0 Å². The minimum Gasteiger partial charge on any atom is -0.504 e. The number of phenolic OH excluding ortho intramolecular Hbond substituents is 1. The van der Waals surface area contributed by atoms with Crippen LogP contribution < -0.4 is 9.47 Å². The summed E-state index contributed by atoms with van der Waals surface area (Å²) in [5.74, 6) is 0.442. The number of carbonyl (C=O) groups is 1. The normalized spacial score (nSPS) is 11.1. The number of aromatic hydroxyl groups is 1. The number of hydrogen-bond acceptors (Lipinski definition) is 4. The van der Waals surface area contributed by atoms with Gasteiger partial charge in [-0.05, 0) is 50.5 Å². The van der Waals surface area contributed by atoms with E-state index in [2.05, 4.69) is 27.7 Å². The summed E-state index contributed by atoms with van der Waals surface area (Å²) in [7, 11) is 0. The molecule has 1 aromatic rings. The molecule has 0 bridgehead atoms. The molecule has 0 fully saturated rings. The second-order valence-corrected chi connectivity index (χ2v) is 10.2. The number of ether oxygens (including phenoxy) is 2. The molecule has 0 spiro atoms. The van der Waals surface area contributed by atoms with Crippen LogP contribution in [0.25, 0.3) is 0 Å². The molecule has 0 atom stereocenters. The molecule has 0 aliphatic rings. The number of benzene rings is 1. The number of hydrogen-bond donors (Lipinski definition) is 2. The standard InChI is InChI=1S/C31H54O5/c1-5-9-13-17-21-25-26(22-18-14-10-6-2)28(32)30(36-31(33)34)29(35-24-20-16-12-8-4)27(25)23-19-15-11-7-3/h32H,5-24H2,1-4H3,(H,33,34). The highest BCUT2D eigenvalue weighted by Gasteiger charge is 2.27. The van der Waals surface area contributed by atoms with E-state index in [1.807, 2.05) is 0 Å². The molecule has 0 unspecified atom stereocenters. The van der Waals surface area contributed by atoms with Gasteiger partial charge in [-0.25, -0.2) is 4.79 Å². The summed E-state index contributed by atoms with van der Waals surface area (Å²) in [6.07, 6.45) is 18.8. The molecule has 1 aromatic carbocycles. The Hall–Kier alpha value is -1.91. The maximum Gasteiger partial charge on any atom is 0.511 e. The zero-order valence-electron chi connectivity index (χ0n) is 23.8. The minimum absolute atomic E-state index is 0.00582. The third-order valence-electron chi connectivity index (χ3n) is 6.98. The molecule has 0 aliphatic heterocycles. The largest absolute Gasteiger partial charge is 0.511 e. The van der Waals surface area contributed by atoms with Crippen LogP contribution in [0.1, 0.15) is 147 Å². The molecule has 0 aromatic heterocycles. The average Bonchev–Trinajstić information content (AvgIpc) is 2.86. The van der Waals surface area contributed by atoms with Crippen LogP contribution in [0.3, 0.4) is 0 Å². The summed E-state index contributed by atoms with van der Waals surface area (Å²) < 4.78 is 11.5. The average molecular weight is 507 g/mol. The Labute approximate surface area is 221 Å². The second kappa shape index (κ2) is 20.2. The molecular weight excluding hydrogens is 452 g/mol. The third-order valence-corrected chi connectivity index (χ3v) is 6.98. The smallest absolute Gasteiger partial charge is 0.504 e. The zero-order chi connectivity index (χ0) is 26.6. The first-order valence-electron chi connectivity index (χ1n) is 14.9. The van der Waals surface area contributed by atoms with Crippen molar-refractivity contribution < 1.29 is 24.5 Å². The van der Waals surface area contributed by atoms with Crippen LogP contribution in [-0.2, 0) is 19.3 Å². The van der Waals surface area contributed by atoms with E-state index in [4.69, 9.17) is 9.47 Å². The lowest BCUT2D eigenvalue weighted by Crippen LogP contribution is -2.12. The van der Waals surface area contributed by atoms with Gasteiger partial charge in [-0.3, -0.25) is 0 Å². The Morgan fingerprint density at radius 2 is 1.03 bits per heavy atom. The van der Waals surface area contributed by atoms with E-state index in [1.54, 1.807) is 0 Å². The molecule has 208 valence electrons. The summed E-state index contributed by atoms with van der Waals surface area (Å²) in [4.78, 5) is 11.6. The van der Waals surface area contributed by atoms with Crippen LogP contribution in [0.4, 0.5) is 4.79 Å². The summed E-state index contributed by atoms with van der Waals surface area (Å²) in [6.45, 7) is 9.29. The predicted molar refractivity (Wildman–Crippen MR) is 150 cm³/mol. The van der Waals surface area contributed by atoms with Gasteiger partial charge in [0, 0.05) is 11.1 Å². The van der Waals surface area contributed by atoms with Gasteiger partial charge in [0.2, 0.25) is 5.75 Å². The molecule has 5 nitrogen and oxygen atoms in total. The molecular formula is C31H54O5. The first-order chi connectivity index (χ1) is 17.5. The van der Waals surface area contributed by atoms with Crippen molar-refractivity contribution in [3.8, 4) is 17.2 Å². The highest BCUT2D eigenvalue weighted by Crippen LogP contribution is 2.47. The van der Waals surface area contributed by atoms with Crippen LogP contribution in [0, 0.1) is 0 Å². The summed E-state index contributed by atoms with van der Waals surface area (Å²) >= 11 is 0. The molecule has 2 N–H and O–H groups in total. The molecule has 1 rings (SSSR count). The van der Waals surface area contributed by atoms with Crippen molar-refractivity contribution in [1.82, 2.24) is 0 Å². The van der Waals surface area contributed by atoms with Crippen molar-refractivity contribution in [2.45, 2.75) is 150 Å². The van der Waals surface area contributed by atoms with Gasteiger partial charge in [0.05, 0.1) is 6.61 Å². The van der Waals surface area contributed by atoms with Gasteiger partial charge in [0.15, 0.2) is 11.5 Å². The lowest BCUT2D eigenvalue weighted by Gasteiger charge is -2.24. The maximum absolute atomic E-state index is 11.6. The fourth-order valence-electron chi connectivity index (χ4n) is 4.90. The molecule has 0 saturated carbocycles. The predicted octanol–water partition coefficient (Wildman–Crippen LogP) is 9.78. The van der Waals surface area contributed by atoms with Gasteiger partial charge in [0.1, 0.15) is 0 Å². The molecule has 36 heavy (non-hydrogen) atoms. The number of unbranched alkanes of at least 4 members (excludes halogenated alkanes) is 12. The van der Waals surface area contributed by atoms with Crippen molar-refractivity contribution in [2.24, 2.45) is 0 Å². The zero-order valence-corrected chi connectivity index (χ0v) is 23.8. The number of rotatable bonds is 22. The van der Waals surface area contributed by atoms with Gasteiger partial charge in [-0.1, -0.05) is 105 Å². The Kier molecular flexibility index (Phi) is 18.0. The van der Waals surface area contributed by atoms with Crippen LogP contribution in [0.5, 0.6) is 17.2 Å². The molecule has 0 radical (unpaired) electrons. The second-order valence-electron chi connectivity index (χ2n) is 10.2.